The van der Waals surface area contributed by atoms with Gasteiger partial charge in [0.05, 0.1) is 21.9 Å². The second-order valence-corrected chi connectivity index (χ2v) is 5.52. The van der Waals surface area contributed by atoms with Crippen molar-refractivity contribution in [1.82, 2.24) is 15.2 Å². The lowest BCUT2D eigenvalue weighted by Gasteiger charge is -2.19. The Morgan fingerprint density at radius 1 is 1.04 bits per heavy atom. The van der Waals surface area contributed by atoms with Crippen molar-refractivity contribution in [3.8, 4) is 0 Å². The third-order valence-electron chi connectivity index (χ3n) is 3.25. The quantitative estimate of drug-likeness (QED) is 0.800. The molecular weight excluding hydrogens is 314 g/mol. The summed E-state index contributed by atoms with van der Waals surface area (Å²) in [5, 5.41) is 11.2. The zero-order valence-electron chi connectivity index (χ0n) is 12.6. The molecule has 116 valence electrons. The largest absolute Gasteiger partial charge is 0.375 e. The molecule has 23 heavy (non-hydrogen) atoms. The van der Waals surface area contributed by atoms with Gasteiger partial charge in [0.15, 0.2) is 0 Å². The van der Waals surface area contributed by atoms with Crippen LogP contribution in [-0.4, -0.2) is 35.2 Å². The van der Waals surface area contributed by atoms with Crippen molar-refractivity contribution in [3.63, 3.8) is 0 Å². The van der Waals surface area contributed by atoms with Gasteiger partial charge in [-0.1, -0.05) is 29.8 Å². The Labute approximate surface area is 138 Å². The summed E-state index contributed by atoms with van der Waals surface area (Å²) in [5.41, 5.74) is 2.56. The van der Waals surface area contributed by atoms with Gasteiger partial charge in [0.25, 0.3) is 5.91 Å². The number of rotatable bonds is 3. The molecule has 0 saturated carbocycles. The van der Waals surface area contributed by atoms with Gasteiger partial charge in [0.2, 0.25) is 5.82 Å². The van der Waals surface area contributed by atoms with Crippen LogP contribution in [0.25, 0.3) is 11.0 Å². The molecule has 0 bridgehead atoms. The molecule has 0 spiro atoms. The van der Waals surface area contributed by atoms with Gasteiger partial charge >= 0.3 is 0 Å². The van der Waals surface area contributed by atoms with Gasteiger partial charge in [0, 0.05) is 14.1 Å². The van der Waals surface area contributed by atoms with Crippen LogP contribution in [0.1, 0.15) is 10.6 Å². The molecule has 6 nitrogen and oxygen atoms in total. The fourth-order valence-electron chi connectivity index (χ4n) is 2.23. The van der Waals surface area contributed by atoms with Gasteiger partial charge in [-0.25, -0.2) is 4.98 Å². The topological polar surface area (TPSA) is 71.0 Å². The highest BCUT2D eigenvalue weighted by molar-refractivity contribution is 6.34. The maximum Gasteiger partial charge on any atom is 0.295 e. The van der Waals surface area contributed by atoms with Crippen LogP contribution in [0.2, 0.25) is 5.02 Å². The lowest BCUT2D eigenvalue weighted by atomic mass is 10.2. The average molecular weight is 328 g/mol. The van der Waals surface area contributed by atoms with Crippen molar-refractivity contribution in [2.45, 2.75) is 0 Å². The fourth-order valence-corrected chi connectivity index (χ4v) is 2.57. The summed E-state index contributed by atoms with van der Waals surface area (Å²) in [7, 11) is 3.70. The molecule has 1 amide bonds. The molecule has 1 heterocycles. The SMILES string of the molecule is CN(C)c1c(Cl)cccc1NC(=O)c1nnc2ccccc2n1. The molecule has 0 fully saturated rings. The second-order valence-electron chi connectivity index (χ2n) is 5.11. The van der Waals surface area contributed by atoms with Crippen molar-refractivity contribution in [1.29, 1.82) is 0 Å². The highest BCUT2D eigenvalue weighted by atomic mass is 35.5. The Kier molecular flexibility index (Phi) is 4.08. The molecule has 1 aromatic heterocycles. The monoisotopic (exact) mass is 327 g/mol. The minimum atomic E-state index is -0.436. The maximum absolute atomic E-state index is 12.4. The van der Waals surface area contributed by atoms with Crippen LogP contribution in [-0.2, 0) is 0 Å². The number of hydrogen-bond acceptors (Lipinski definition) is 5. The number of amides is 1. The van der Waals surface area contributed by atoms with Gasteiger partial charge < -0.3 is 10.2 Å². The Balaban J connectivity index is 1.93. The first kappa shape index (κ1) is 15.2. The first-order valence-electron chi connectivity index (χ1n) is 6.93. The lowest BCUT2D eigenvalue weighted by molar-refractivity contribution is 0.101. The number of fused-ring (bicyclic) bond motifs is 1. The van der Waals surface area contributed by atoms with Gasteiger partial charge in [-0.05, 0) is 24.3 Å². The van der Waals surface area contributed by atoms with Crippen LogP contribution >= 0.6 is 11.6 Å². The summed E-state index contributed by atoms with van der Waals surface area (Å²) in [6, 6.07) is 12.6. The molecule has 7 heteroatoms. The number of hydrogen-bond donors (Lipinski definition) is 1. The van der Waals surface area contributed by atoms with E-state index in [-0.39, 0.29) is 5.82 Å². The van der Waals surface area contributed by atoms with Gasteiger partial charge in [-0.15, -0.1) is 10.2 Å². The van der Waals surface area contributed by atoms with Gasteiger partial charge in [-0.3, -0.25) is 4.79 Å². The minimum Gasteiger partial charge on any atom is -0.375 e. The summed E-state index contributed by atoms with van der Waals surface area (Å²) >= 11 is 6.20. The molecule has 0 aliphatic heterocycles. The molecular formula is C16H14ClN5O. The third-order valence-corrected chi connectivity index (χ3v) is 3.55. The molecule has 0 saturated heterocycles. The minimum absolute atomic E-state index is 0.00776. The Morgan fingerprint density at radius 2 is 1.78 bits per heavy atom. The van der Waals surface area contributed by atoms with Gasteiger partial charge in [-0.2, -0.15) is 0 Å². The molecule has 1 N–H and O–H groups in total. The number of halogens is 1. The zero-order valence-corrected chi connectivity index (χ0v) is 13.4. The van der Waals surface area contributed by atoms with E-state index in [4.69, 9.17) is 11.6 Å². The van der Waals surface area contributed by atoms with E-state index in [1.54, 1.807) is 30.3 Å². The normalized spacial score (nSPS) is 10.6. The zero-order chi connectivity index (χ0) is 16.4. The smallest absolute Gasteiger partial charge is 0.295 e. The standard InChI is InChI=1S/C16H14ClN5O/c1-22(2)14-10(17)6-5-9-13(14)19-16(23)15-18-11-7-3-4-8-12(11)20-21-15/h3-9H,1-2H3,(H,19,23). The fraction of sp³-hybridized carbons (Fsp3) is 0.125. The van der Waals surface area contributed by atoms with E-state index in [1.807, 2.05) is 31.1 Å². The third kappa shape index (κ3) is 3.07. The average Bonchev–Trinajstić information content (AvgIpc) is 2.54. The number of nitrogens with zero attached hydrogens (tertiary/aromatic N) is 4. The highest BCUT2D eigenvalue weighted by Gasteiger charge is 2.15. The van der Waals surface area contributed by atoms with Crippen molar-refractivity contribution in [2.24, 2.45) is 0 Å². The maximum atomic E-state index is 12.4. The number of aromatic nitrogens is 3. The lowest BCUT2D eigenvalue weighted by Crippen LogP contribution is -2.19. The van der Waals surface area contributed by atoms with E-state index < -0.39 is 5.91 Å². The second kappa shape index (κ2) is 6.18. The summed E-state index contributed by atoms with van der Waals surface area (Å²) in [6.45, 7) is 0. The number of anilines is 2. The predicted molar refractivity (Wildman–Crippen MR) is 91.1 cm³/mol. The van der Waals surface area contributed by atoms with Crippen LogP contribution < -0.4 is 10.2 Å². The van der Waals surface area contributed by atoms with E-state index in [1.165, 1.54) is 0 Å². The molecule has 0 unspecified atom stereocenters. The molecule has 0 radical (unpaired) electrons. The van der Waals surface area contributed by atoms with Crippen LogP contribution in [0.4, 0.5) is 11.4 Å². The van der Waals surface area contributed by atoms with E-state index in [2.05, 4.69) is 20.5 Å². The predicted octanol–water partition coefficient (Wildman–Crippen LogP) is 3.00. The highest BCUT2D eigenvalue weighted by Crippen LogP contribution is 2.32. The Hall–Kier alpha value is -2.73. The molecule has 0 atom stereocenters. The first-order chi connectivity index (χ1) is 11.1. The van der Waals surface area contributed by atoms with Crippen molar-refractivity contribution in [2.75, 3.05) is 24.3 Å². The number of carbonyl (C=O) groups excluding carboxylic acids is 1. The van der Waals surface area contributed by atoms with E-state index in [0.717, 1.165) is 5.69 Å². The number of nitrogens with one attached hydrogen (secondary N) is 1. The Bertz CT molecular complexity index is 881. The van der Waals surface area contributed by atoms with Crippen LogP contribution in [0.5, 0.6) is 0 Å². The summed E-state index contributed by atoms with van der Waals surface area (Å²) in [4.78, 5) is 18.5. The van der Waals surface area contributed by atoms with E-state index in [9.17, 15) is 4.79 Å². The molecule has 2 aromatic carbocycles. The summed E-state index contributed by atoms with van der Waals surface area (Å²) < 4.78 is 0. The molecule has 3 aromatic rings. The molecule has 0 aliphatic carbocycles. The summed E-state index contributed by atoms with van der Waals surface area (Å²) in [5.74, 6) is -0.429. The van der Waals surface area contributed by atoms with E-state index >= 15 is 0 Å². The van der Waals surface area contributed by atoms with Crippen LogP contribution in [0.15, 0.2) is 42.5 Å². The van der Waals surface area contributed by atoms with Crippen molar-refractivity contribution < 1.29 is 4.79 Å². The number of benzene rings is 2. The Morgan fingerprint density at radius 3 is 2.52 bits per heavy atom. The van der Waals surface area contributed by atoms with Crippen LogP contribution in [0, 0.1) is 0 Å². The van der Waals surface area contributed by atoms with Crippen molar-refractivity contribution in [3.05, 3.63) is 53.3 Å². The van der Waals surface area contributed by atoms with Crippen molar-refractivity contribution >= 4 is 39.9 Å². The number of carbonyl (C=O) groups is 1. The van der Waals surface area contributed by atoms with Crippen LogP contribution in [0.3, 0.4) is 0 Å². The number of para-hydroxylation sites is 2. The summed E-state index contributed by atoms with van der Waals surface area (Å²) in [6.07, 6.45) is 0. The van der Waals surface area contributed by atoms with E-state index in [0.29, 0.717) is 21.7 Å². The molecule has 3 rings (SSSR count). The van der Waals surface area contributed by atoms with Gasteiger partial charge in [0.1, 0.15) is 5.52 Å². The first-order valence-corrected chi connectivity index (χ1v) is 7.30. The molecule has 0 aliphatic rings.